The molecule has 7 nitrogen and oxygen atoms in total. The zero-order chi connectivity index (χ0) is 21.7. The highest BCUT2D eigenvalue weighted by Gasteiger charge is 2.33. The first-order valence-electron chi connectivity index (χ1n) is 11.9. The van der Waals surface area contributed by atoms with E-state index in [0.29, 0.717) is 6.61 Å². The largest absolute Gasteiger partial charge is 0.493 e. The van der Waals surface area contributed by atoms with E-state index in [1.165, 1.54) is 12.8 Å². The SMILES string of the molecule is Cc1cn2nc([C@@H]3CCCCN3C(=O)c3cccc4c3CCO4)cc2nc1N1CCCC1. The third-order valence-electron chi connectivity index (χ3n) is 7.11. The summed E-state index contributed by atoms with van der Waals surface area (Å²) in [5, 5.41) is 4.88. The number of likely N-dealkylation sites (tertiary alicyclic amines) is 1. The zero-order valence-electron chi connectivity index (χ0n) is 18.6. The Kier molecular flexibility index (Phi) is 4.77. The molecular weight excluding hydrogens is 402 g/mol. The number of amides is 1. The molecule has 0 aliphatic carbocycles. The first kappa shape index (κ1) is 19.6. The summed E-state index contributed by atoms with van der Waals surface area (Å²) in [6, 6.07) is 7.88. The van der Waals surface area contributed by atoms with Crippen molar-refractivity contribution in [1.82, 2.24) is 19.5 Å². The third kappa shape index (κ3) is 3.22. The van der Waals surface area contributed by atoms with Gasteiger partial charge in [0.1, 0.15) is 11.6 Å². The van der Waals surface area contributed by atoms with E-state index >= 15 is 0 Å². The van der Waals surface area contributed by atoms with Gasteiger partial charge in [-0.05, 0) is 51.2 Å². The second kappa shape index (κ2) is 7.80. The number of ether oxygens (including phenoxy) is 1. The van der Waals surface area contributed by atoms with Crippen molar-refractivity contribution >= 4 is 17.4 Å². The van der Waals surface area contributed by atoms with Crippen LogP contribution in [0, 0.1) is 6.92 Å². The molecule has 0 spiro atoms. The molecule has 2 fully saturated rings. The number of carbonyl (C=O) groups is 1. The second-order valence-electron chi connectivity index (χ2n) is 9.20. The molecule has 7 heteroatoms. The van der Waals surface area contributed by atoms with E-state index in [-0.39, 0.29) is 11.9 Å². The fourth-order valence-electron chi connectivity index (χ4n) is 5.49. The van der Waals surface area contributed by atoms with Crippen LogP contribution in [0.5, 0.6) is 5.75 Å². The lowest BCUT2D eigenvalue weighted by Gasteiger charge is -2.35. The van der Waals surface area contributed by atoms with E-state index in [1.807, 2.05) is 27.6 Å². The van der Waals surface area contributed by atoms with Crippen LogP contribution in [-0.2, 0) is 6.42 Å². The van der Waals surface area contributed by atoms with Gasteiger partial charge in [-0.2, -0.15) is 5.10 Å². The van der Waals surface area contributed by atoms with E-state index in [0.717, 1.165) is 84.9 Å². The second-order valence-corrected chi connectivity index (χ2v) is 9.20. The van der Waals surface area contributed by atoms with Gasteiger partial charge in [-0.15, -0.1) is 0 Å². The summed E-state index contributed by atoms with van der Waals surface area (Å²) >= 11 is 0. The first-order chi connectivity index (χ1) is 15.7. The number of aryl methyl sites for hydroxylation is 1. The standard InChI is InChI=1S/C25H29N5O2/c1-17-16-30-23(26-24(17)28-11-4-5-12-28)15-20(27-30)21-8-2-3-13-29(21)25(31)19-7-6-9-22-18(19)10-14-32-22/h6-7,9,15-16,21H,2-5,8,10-14H2,1H3/t21-/m0/s1. The first-order valence-corrected chi connectivity index (χ1v) is 11.9. The monoisotopic (exact) mass is 431 g/mol. The van der Waals surface area contributed by atoms with E-state index in [9.17, 15) is 4.79 Å². The molecular formula is C25H29N5O2. The molecule has 2 aromatic heterocycles. The summed E-state index contributed by atoms with van der Waals surface area (Å²) in [6.45, 7) is 5.66. The lowest BCUT2D eigenvalue weighted by atomic mass is 9.96. The van der Waals surface area contributed by atoms with Gasteiger partial charge in [0.25, 0.3) is 5.91 Å². The number of benzene rings is 1. The van der Waals surface area contributed by atoms with Gasteiger partial charge >= 0.3 is 0 Å². The number of piperidine rings is 1. The van der Waals surface area contributed by atoms with Crippen molar-refractivity contribution in [3.05, 3.63) is 52.8 Å². The predicted octanol–water partition coefficient (Wildman–Crippen LogP) is 3.94. The Labute approximate surface area is 188 Å². The molecule has 6 rings (SSSR count). The Balaban J connectivity index is 1.35. The van der Waals surface area contributed by atoms with Crippen LogP contribution in [0.1, 0.15) is 65.3 Å². The van der Waals surface area contributed by atoms with Crippen molar-refractivity contribution in [2.45, 2.75) is 51.5 Å². The minimum atomic E-state index is -0.0216. The van der Waals surface area contributed by atoms with Crippen molar-refractivity contribution < 1.29 is 9.53 Å². The molecule has 5 heterocycles. The Hall–Kier alpha value is -3.09. The van der Waals surface area contributed by atoms with E-state index < -0.39 is 0 Å². The minimum absolute atomic E-state index is 0.0216. The number of fused-ring (bicyclic) bond motifs is 2. The lowest BCUT2D eigenvalue weighted by Crippen LogP contribution is -2.39. The number of rotatable bonds is 3. The van der Waals surface area contributed by atoms with Crippen LogP contribution in [0.4, 0.5) is 5.82 Å². The topological polar surface area (TPSA) is 63.0 Å². The summed E-state index contributed by atoms with van der Waals surface area (Å²) in [5.74, 6) is 2.01. The number of hydrogen-bond acceptors (Lipinski definition) is 5. The molecule has 0 unspecified atom stereocenters. The van der Waals surface area contributed by atoms with Crippen LogP contribution < -0.4 is 9.64 Å². The Morgan fingerprint density at radius 1 is 1.12 bits per heavy atom. The maximum atomic E-state index is 13.7. The van der Waals surface area contributed by atoms with Crippen LogP contribution in [0.2, 0.25) is 0 Å². The van der Waals surface area contributed by atoms with Gasteiger partial charge in [0.2, 0.25) is 0 Å². The summed E-state index contributed by atoms with van der Waals surface area (Å²) < 4.78 is 7.58. The molecule has 0 N–H and O–H groups in total. The average molecular weight is 432 g/mol. The van der Waals surface area contributed by atoms with Gasteiger partial charge in [-0.3, -0.25) is 4.79 Å². The quantitative estimate of drug-likeness (QED) is 0.629. The van der Waals surface area contributed by atoms with Crippen molar-refractivity contribution in [1.29, 1.82) is 0 Å². The minimum Gasteiger partial charge on any atom is -0.493 e. The van der Waals surface area contributed by atoms with Gasteiger partial charge in [0.05, 0.1) is 18.3 Å². The normalized spacial score (nSPS) is 20.6. The van der Waals surface area contributed by atoms with Gasteiger partial charge in [0.15, 0.2) is 5.65 Å². The van der Waals surface area contributed by atoms with E-state index in [4.69, 9.17) is 14.8 Å². The van der Waals surface area contributed by atoms with Gasteiger partial charge in [0, 0.05) is 55.0 Å². The number of nitrogens with zero attached hydrogens (tertiary/aromatic N) is 5. The molecule has 0 bridgehead atoms. The van der Waals surface area contributed by atoms with Crippen molar-refractivity contribution in [3.8, 4) is 5.75 Å². The van der Waals surface area contributed by atoms with Crippen LogP contribution in [0.3, 0.4) is 0 Å². The smallest absolute Gasteiger partial charge is 0.254 e. The number of anilines is 1. The van der Waals surface area contributed by atoms with Crippen molar-refractivity contribution in [3.63, 3.8) is 0 Å². The molecule has 1 aromatic carbocycles. The summed E-state index contributed by atoms with van der Waals surface area (Å²) in [4.78, 5) is 23.0. The highest BCUT2D eigenvalue weighted by molar-refractivity contribution is 5.97. The molecule has 0 saturated carbocycles. The summed E-state index contributed by atoms with van der Waals surface area (Å²) in [5.41, 5.74) is 4.77. The summed E-state index contributed by atoms with van der Waals surface area (Å²) in [6.07, 6.45) is 8.39. The highest BCUT2D eigenvalue weighted by atomic mass is 16.5. The average Bonchev–Trinajstić information content (AvgIpc) is 3.58. The van der Waals surface area contributed by atoms with Crippen LogP contribution in [0.25, 0.3) is 5.65 Å². The predicted molar refractivity (Wildman–Crippen MR) is 122 cm³/mol. The van der Waals surface area contributed by atoms with Gasteiger partial charge in [-0.25, -0.2) is 9.50 Å². The van der Waals surface area contributed by atoms with Crippen LogP contribution in [-0.4, -0.2) is 51.6 Å². The Bertz CT molecular complexity index is 1180. The van der Waals surface area contributed by atoms with Crippen LogP contribution in [0.15, 0.2) is 30.5 Å². The Morgan fingerprint density at radius 3 is 2.84 bits per heavy atom. The number of aromatic nitrogens is 3. The van der Waals surface area contributed by atoms with Crippen molar-refractivity contribution in [2.75, 3.05) is 31.1 Å². The van der Waals surface area contributed by atoms with E-state index in [1.54, 1.807) is 0 Å². The molecule has 3 aliphatic rings. The molecule has 32 heavy (non-hydrogen) atoms. The zero-order valence-corrected chi connectivity index (χ0v) is 18.6. The maximum absolute atomic E-state index is 13.7. The fraction of sp³-hybridized carbons (Fsp3) is 0.480. The fourth-order valence-corrected chi connectivity index (χ4v) is 5.49. The molecule has 1 amide bonds. The molecule has 2 saturated heterocycles. The Morgan fingerprint density at radius 2 is 1.97 bits per heavy atom. The number of carbonyl (C=O) groups excluding carboxylic acids is 1. The lowest BCUT2D eigenvalue weighted by molar-refractivity contribution is 0.0604. The number of hydrogen-bond donors (Lipinski definition) is 0. The molecule has 3 aliphatic heterocycles. The van der Waals surface area contributed by atoms with Gasteiger partial charge < -0.3 is 14.5 Å². The van der Waals surface area contributed by atoms with Crippen molar-refractivity contribution in [2.24, 2.45) is 0 Å². The third-order valence-corrected chi connectivity index (χ3v) is 7.11. The molecule has 0 radical (unpaired) electrons. The van der Waals surface area contributed by atoms with Gasteiger partial charge in [-0.1, -0.05) is 6.07 Å². The molecule has 3 aromatic rings. The molecule has 1 atom stereocenters. The molecule has 166 valence electrons. The van der Waals surface area contributed by atoms with Crippen LogP contribution >= 0.6 is 0 Å². The maximum Gasteiger partial charge on any atom is 0.254 e. The summed E-state index contributed by atoms with van der Waals surface area (Å²) in [7, 11) is 0. The van der Waals surface area contributed by atoms with E-state index in [2.05, 4.69) is 24.1 Å². The highest BCUT2D eigenvalue weighted by Crippen LogP contribution is 2.35.